The summed E-state index contributed by atoms with van der Waals surface area (Å²) in [5.41, 5.74) is 4.35. The van der Waals surface area contributed by atoms with Crippen molar-refractivity contribution in [1.82, 2.24) is 0 Å². The lowest BCUT2D eigenvalue weighted by molar-refractivity contribution is 0.0601. The summed E-state index contributed by atoms with van der Waals surface area (Å²) in [5, 5.41) is 9.27. The topological polar surface area (TPSA) is 46.5 Å². The van der Waals surface area contributed by atoms with Crippen LogP contribution in [-0.2, 0) is 4.74 Å². The molecule has 3 nitrogen and oxygen atoms in total. The van der Waals surface area contributed by atoms with Crippen LogP contribution in [0.25, 0.3) is 11.1 Å². The minimum Gasteiger partial charge on any atom is -0.508 e. The van der Waals surface area contributed by atoms with Gasteiger partial charge in [-0.05, 0) is 59.7 Å². The fourth-order valence-electron chi connectivity index (χ4n) is 2.35. The van der Waals surface area contributed by atoms with Gasteiger partial charge in [0.2, 0.25) is 0 Å². The Labute approximate surface area is 146 Å². The SMILES string of the molecule is COC(=O)c1ccc(-c2ccc(C#Cc3ccc(O)cc3)cc2)cc1. The highest BCUT2D eigenvalue weighted by atomic mass is 16.5. The quantitative estimate of drug-likeness (QED) is 0.565. The maximum atomic E-state index is 11.5. The Morgan fingerprint density at radius 2 is 1.20 bits per heavy atom. The molecule has 0 aliphatic rings. The largest absolute Gasteiger partial charge is 0.508 e. The van der Waals surface area contributed by atoms with Gasteiger partial charge in [0.1, 0.15) is 5.75 Å². The van der Waals surface area contributed by atoms with E-state index in [1.165, 1.54) is 7.11 Å². The predicted molar refractivity (Wildman–Crippen MR) is 97.3 cm³/mol. The van der Waals surface area contributed by atoms with E-state index in [0.29, 0.717) is 5.56 Å². The number of phenols is 1. The number of aromatic hydroxyl groups is 1. The van der Waals surface area contributed by atoms with Gasteiger partial charge in [0, 0.05) is 11.1 Å². The minimum atomic E-state index is -0.341. The van der Waals surface area contributed by atoms with E-state index in [0.717, 1.165) is 22.3 Å². The van der Waals surface area contributed by atoms with Gasteiger partial charge in [-0.1, -0.05) is 36.1 Å². The summed E-state index contributed by atoms with van der Waals surface area (Å²) in [4.78, 5) is 11.5. The van der Waals surface area contributed by atoms with Crippen molar-refractivity contribution in [2.45, 2.75) is 0 Å². The predicted octanol–water partition coefficient (Wildman–Crippen LogP) is 4.25. The normalized spacial score (nSPS) is 9.80. The van der Waals surface area contributed by atoms with Crippen molar-refractivity contribution in [3.8, 4) is 28.7 Å². The number of hydrogen-bond donors (Lipinski definition) is 1. The second-order valence-electron chi connectivity index (χ2n) is 5.44. The maximum absolute atomic E-state index is 11.5. The molecular weight excluding hydrogens is 312 g/mol. The van der Waals surface area contributed by atoms with Crippen LogP contribution in [0.1, 0.15) is 21.5 Å². The van der Waals surface area contributed by atoms with Gasteiger partial charge in [-0.25, -0.2) is 4.79 Å². The van der Waals surface area contributed by atoms with E-state index >= 15 is 0 Å². The Balaban J connectivity index is 1.76. The molecule has 0 saturated heterocycles. The molecular formula is C22H16O3. The lowest BCUT2D eigenvalue weighted by Gasteiger charge is -2.04. The molecule has 0 aliphatic heterocycles. The number of methoxy groups -OCH3 is 1. The van der Waals surface area contributed by atoms with Crippen molar-refractivity contribution in [2.75, 3.05) is 7.11 Å². The van der Waals surface area contributed by atoms with E-state index < -0.39 is 0 Å². The molecule has 0 heterocycles. The van der Waals surface area contributed by atoms with Gasteiger partial charge in [-0.2, -0.15) is 0 Å². The van der Waals surface area contributed by atoms with Crippen LogP contribution >= 0.6 is 0 Å². The first kappa shape index (κ1) is 16.4. The molecule has 0 radical (unpaired) electrons. The average molecular weight is 328 g/mol. The number of phenolic OH excluding ortho intramolecular Hbond substituents is 1. The lowest BCUT2D eigenvalue weighted by Crippen LogP contribution is -2.00. The van der Waals surface area contributed by atoms with E-state index in [2.05, 4.69) is 11.8 Å². The fraction of sp³-hybridized carbons (Fsp3) is 0.0455. The molecule has 1 N–H and O–H groups in total. The lowest BCUT2D eigenvalue weighted by atomic mass is 10.0. The summed E-state index contributed by atoms with van der Waals surface area (Å²) in [6.45, 7) is 0. The van der Waals surface area contributed by atoms with Crippen molar-refractivity contribution in [1.29, 1.82) is 0 Å². The number of carbonyl (C=O) groups excluding carboxylic acids is 1. The number of rotatable bonds is 2. The van der Waals surface area contributed by atoms with Crippen molar-refractivity contribution >= 4 is 5.97 Å². The molecule has 0 amide bonds. The number of ether oxygens (including phenoxy) is 1. The van der Waals surface area contributed by atoms with E-state index in [4.69, 9.17) is 4.74 Å². The van der Waals surface area contributed by atoms with E-state index in [9.17, 15) is 9.90 Å². The first-order chi connectivity index (χ1) is 12.2. The highest BCUT2D eigenvalue weighted by molar-refractivity contribution is 5.89. The molecule has 3 aromatic carbocycles. The number of hydrogen-bond acceptors (Lipinski definition) is 3. The van der Waals surface area contributed by atoms with Gasteiger partial charge in [0.15, 0.2) is 0 Å². The third-order valence-corrected chi connectivity index (χ3v) is 3.74. The zero-order valence-electron chi connectivity index (χ0n) is 13.7. The monoisotopic (exact) mass is 328 g/mol. The molecule has 0 unspecified atom stereocenters. The summed E-state index contributed by atoms with van der Waals surface area (Å²) in [6.07, 6.45) is 0. The summed E-state index contributed by atoms with van der Waals surface area (Å²) in [5.74, 6) is 6.05. The summed E-state index contributed by atoms with van der Waals surface area (Å²) >= 11 is 0. The van der Waals surface area contributed by atoms with Crippen molar-refractivity contribution in [3.63, 3.8) is 0 Å². The summed E-state index contributed by atoms with van der Waals surface area (Å²) < 4.78 is 4.70. The van der Waals surface area contributed by atoms with Gasteiger partial charge in [0.05, 0.1) is 12.7 Å². The van der Waals surface area contributed by atoms with Crippen LogP contribution in [0.15, 0.2) is 72.8 Å². The van der Waals surface area contributed by atoms with Gasteiger partial charge < -0.3 is 9.84 Å². The van der Waals surface area contributed by atoms with Crippen LogP contribution in [0.3, 0.4) is 0 Å². The number of benzene rings is 3. The van der Waals surface area contributed by atoms with Crippen molar-refractivity contribution < 1.29 is 14.6 Å². The van der Waals surface area contributed by atoms with E-state index in [1.54, 1.807) is 36.4 Å². The smallest absolute Gasteiger partial charge is 0.337 e. The van der Waals surface area contributed by atoms with E-state index in [-0.39, 0.29) is 11.7 Å². The van der Waals surface area contributed by atoms with Crippen LogP contribution in [0, 0.1) is 11.8 Å². The minimum absolute atomic E-state index is 0.230. The van der Waals surface area contributed by atoms with Crippen LogP contribution in [-0.4, -0.2) is 18.2 Å². The van der Waals surface area contributed by atoms with Gasteiger partial charge in [-0.3, -0.25) is 0 Å². The third kappa shape index (κ3) is 4.07. The van der Waals surface area contributed by atoms with Gasteiger partial charge in [-0.15, -0.1) is 0 Å². The van der Waals surface area contributed by atoms with Gasteiger partial charge in [0.25, 0.3) is 0 Å². The fourth-order valence-corrected chi connectivity index (χ4v) is 2.35. The van der Waals surface area contributed by atoms with Crippen LogP contribution in [0.4, 0.5) is 0 Å². The average Bonchev–Trinajstić information content (AvgIpc) is 2.67. The molecule has 122 valence electrons. The molecule has 0 fully saturated rings. The first-order valence-corrected chi connectivity index (χ1v) is 7.75. The second kappa shape index (κ2) is 7.37. The molecule has 0 saturated carbocycles. The summed E-state index contributed by atoms with van der Waals surface area (Å²) in [7, 11) is 1.37. The Morgan fingerprint density at radius 3 is 1.68 bits per heavy atom. The zero-order chi connectivity index (χ0) is 17.6. The van der Waals surface area contributed by atoms with Crippen molar-refractivity contribution in [3.05, 3.63) is 89.5 Å². The molecule has 3 aromatic rings. The third-order valence-electron chi connectivity index (χ3n) is 3.74. The Hall–Kier alpha value is -3.51. The molecule has 0 aromatic heterocycles. The number of esters is 1. The molecule has 25 heavy (non-hydrogen) atoms. The van der Waals surface area contributed by atoms with Crippen LogP contribution < -0.4 is 0 Å². The van der Waals surface area contributed by atoms with E-state index in [1.807, 2.05) is 36.4 Å². The van der Waals surface area contributed by atoms with Crippen LogP contribution in [0.5, 0.6) is 5.75 Å². The Kier molecular flexibility index (Phi) is 4.82. The standard InChI is InChI=1S/C22H16O3/c1-25-22(24)20-12-10-19(11-13-20)18-8-4-16(5-9-18)2-3-17-6-14-21(23)15-7-17/h4-15,23H,1H3. The molecule has 0 spiro atoms. The number of carbonyl (C=O) groups is 1. The van der Waals surface area contributed by atoms with Gasteiger partial charge >= 0.3 is 5.97 Å². The van der Waals surface area contributed by atoms with Crippen LogP contribution in [0.2, 0.25) is 0 Å². The highest BCUT2D eigenvalue weighted by Gasteiger charge is 2.05. The molecule has 3 rings (SSSR count). The Morgan fingerprint density at radius 1 is 0.760 bits per heavy atom. The molecule has 0 atom stereocenters. The zero-order valence-corrected chi connectivity index (χ0v) is 13.7. The molecule has 0 bridgehead atoms. The highest BCUT2D eigenvalue weighted by Crippen LogP contribution is 2.20. The Bertz CT molecular complexity index is 926. The van der Waals surface area contributed by atoms with Crippen molar-refractivity contribution in [2.24, 2.45) is 0 Å². The molecule has 0 aliphatic carbocycles. The second-order valence-corrected chi connectivity index (χ2v) is 5.44. The first-order valence-electron chi connectivity index (χ1n) is 7.75. The molecule has 3 heteroatoms. The summed E-state index contributed by atoms with van der Waals surface area (Å²) in [6, 6.07) is 22.0. The maximum Gasteiger partial charge on any atom is 0.337 e.